The predicted octanol–water partition coefficient (Wildman–Crippen LogP) is 2.51. The largest absolute Gasteiger partial charge is 0.465 e. The zero-order chi connectivity index (χ0) is 13.4. The van der Waals surface area contributed by atoms with Crippen LogP contribution in [0.15, 0.2) is 15.9 Å². The summed E-state index contributed by atoms with van der Waals surface area (Å²) in [6, 6.07) is 4.05. The molecule has 0 atom stereocenters. The smallest absolute Gasteiger partial charge is 0.325 e. The molecule has 0 radical (unpaired) electrons. The Morgan fingerprint density at radius 3 is 2.83 bits per heavy atom. The topological polar surface area (TPSA) is 55.4 Å². The second-order valence-corrected chi connectivity index (χ2v) is 6.19. The van der Waals surface area contributed by atoms with E-state index in [9.17, 15) is 9.59 Å². The number of amides is 1. The minimum atomic E-state index is -0.395. The van der Waals surface area contributed by atoms with Gasteiger partial charge in [-0.15, -0.1) is 11.3 Å². The minimum Gasteiger partial charge on any atom is -0.465 e. The molecule has 1 aromatic rings. The van der Waals surface area contributed by atoms with Crippen molar-refractivity contribution in [1.82, 2.24) is 5.32 Å². The van der Waals surface area contributed by atoms with Gasteiger partial charge in [0.2, 0.25) is 5.91 Å². The summed E-state index contributed by atoms with van der Waals surface area (Å²) in [5, 5.41) is 2.54. The van der Waals surface area contributed by atoms with E-state index in [1.54, 1.807) is 18.3 Å². The number of hydrogen-bond acceptors (Lipinski definition) is 4. The van der Waals surface area contributed by atoms with Crippen molar-refractivity contribution in [2.45, 2.75) is 26.2 Å². The van der Waals surface area contributed by atoms with Crippen LogP contribution in [0, 0.1) is 0 Å². The van der Waals surface area contributed by atoms with E-state index in [4.69, 9.17) is 4.74 Å². The average Bonchev–Trinajstić information content (AvgIpc) is 2.73. The Morgan fingerprint density at radius 1 is 1.44 bits per heavy atom. The molecule has 0 saturated carbocycles. The van der Waals surface area contributed by atoms with Crippen molar-refractivity contribution in [3.63, 3.8) is 0 Å². The quantitative estimate of drug-likeness (QED) is 0.780. The second-order valence-electron chi connectivity index (χ2n) is 3.64. The summed E-state index contributed by atoms with van der Waals surface area (Å²) in [6.45, 7) is 2.03. The van der Waals surface area contributed by atoms with E-state index in [1.807, 2.05) is 12.1 Å². The van der Waals surface area contributed by atoms with Crippen molar-refractivity contribution in [3.05, 3.63) is 20.8 Å². The zero-order valence-electron chi connectivity index (χ0n) is 10.2. The van der Waals surface area contributed by atoms with Crippen LogP contribution in [0.1, 0.15) is 24.6 Å². The standard InChI is InChI=1S/C12H16BrNO3S/c1-2-17-12(16)8-14-11(15)5-3-4-9-6-7-10(13)18-9/h6-7H,2-5,8H2,1H3,(H,14,15). The summed E-state index contributed by atoms with van der Waals surface area (Å²) in [7, 11) is 0. The highest BCUT2D eigenvalue weighted by atomic mass is 79.9. The fraction of sp³-hybridized carbons (Fsp3) is 0.500. The molecule has 1 rings (SSSR count). The van der Waals surface area contributed by atoms with E-state index >= 15 is 0 Å². The molecule has 0 bridgehead atoms. The number of rotatable bonds is 7. The maximum Gasteiger partial charge on any atom is 0.325 e. The van der Waals surface area contributed by atoms with Crippen LogP contribution >= 0.6 is 27.3 Å². The lowest BCUT2D eigenvalue weighted by atomic mass is 10.2. The number of hydrogen-bond donors (Lipinski definition) is 1. The molecule has 1 heterocycles. The van der Waals surface area contributed by atoms with Gasteiger partial charge in [0.15, 0.2) is 0 Å². The molecule has 1 amide bonds. The summed E-state index contributed by atoms with van der Waals surface area (Å²) in [5.41, 5.74) is 0. The van der Waals surface area contributed by atoms with Crippen molar-refractivity contribution >= 4 is 39.1 Å². The van der Waals surface area contributed by atoms with Gasteiger partial charge in [0.1, 0.15) is 6.54 Å². The third kappa shape index (κ3) is 6.16. The summed E-state index contributed by atoms with van der Waals surface area (Å²) >= 11 is 5.07. The van der Waals surface area contributed by atoms with Crippen LogP contribution in [0.25, 0.3) is 0 Å². The zero-order valence-corrected chi connectivity index (χ0v) is 12.6. The van der Waals surface area contributed by atoms with Crippen molar-refractivity contribution in [2.75, 3.05) is 13.2 Å². The van der Waals surface area contributed by atoms with Gasteiger partial charge in [0, 0.05) is 11.3 Å². The lowest BCUT2D eigenvalue weighted by Gasteiger charge is -2.04. The molecular weight excluding hydrogens is 318 g/mol. The molecule has 0 aliphatic heterocycles. The third-order valence-electron chi connectivity index (χ3n) is 2.19. The van der Waals surface area contributed by atoms with Crippen molar-refractivity contribution < 1.29 is 14.3 Å². The van der Waals surface area contributed by atoms with E-state index < -0.39 is 5.97 Å². The predicted molar refractivity (Wildman–Crippen MR) is 74.6 cm³/mol. The van der Waals surface area contributed by atoms with Gasteiger partial charge in [-0.1, -0.05) is 0 Å². The number of esters is 1. The molecule has 0 unspecified atom stereocenters. The Hall–Kier alpha value is -0.880. The first-order chi connectivity index (χ1) is 8.61. The highest BCUT2D eigenvalue weighted by Crippen LogP contribution is 2.23. The van der Waals surface area contributed by atoms with Gasteiger partial charge < -0.3 is 10.1 Å². The van der Waals surface area contributed by atoms with E-state index in [2.05, 4.69) is 21.2 Å². The van der Waals surface area contributed by atoms with Gasteiger partial charge in [-0.3, -0.25) is 9.59 Å². The molecule has 0 aromatic carbocycles. The van der Waals surface area contributed by atoms with Crippen molar-refractivity contribution in [2.24, 2.45) is 0 Å². The molecular formula is C12H16BrNO3S. The summed E-state index contributed by atoms with van der Waals surface area (Å²) in [4.78, 5) is 23.7. The van der Waals surface area contributed by atoms with E-state index in [1.165, 1.54) is 4.88 Å². The number of thiophene rings is 1. The number of carbonyl (C=O) groups is 2. The van der Waals surface area contributed by atoms with Gasteiger partial charge in [-0.2, -0.15) is 0 Å². The first-order valence-corrected chi connectivity index (χ1v) is 7.39. The molecule has 18 heavy (non-hydrogen) atoms. The second kappa shape index (κ2) is 8.26. The molecule has 0 aliphatic rings. The Morgan fingerprint density at radius 2 is 2.22 bits per heavy atom. The average molecular weight is 334 g/mol. The summed E-state index contributed by atoms with van der Waals surface area (Å²) in [5.74, 6) is -0.508. The van der Waals surface area contributed by atoms with Gasteiger partial charge in [-0.05, 0) is 47.8 Å². The van der Waals surface area contributed by atoms with Crippen LogP contribution in [0.4, 0.5) is 0 Å². The maximum absolute atomic E-state index is 11.4. The molecule has 1 aromatic heterocycles. The van der Waals surface area contributed by atoms with Crippen LogP contribution in [0.5, 0.6) is 0 Å². The molecule has 0 spiro atoms. The molecule has 4 nitrogen and oxygen atoms in total. The lowest BCUT2D eigenvalue weighted by Crippen LogP contribution is -2.30. The monoisotopic (exact) mass is 333 g/mol. The number of halogens is 1. The normalized spacial score (nSPS) is 10.1. The van der Waals surface area contributed by atoms with Gasteiger partial charge in [0.05, 0.1) is 10.4 Å². The highest BCUT2D eigenvalue weighted by Gasteiger charge is 2.06. The van der Waals surface area contributed by atoms with E-state index in [0.29, 0.717) is 13.0 Å². The fourth-order valence-electron chi connectivity index (χ4n) is 1.38. The highest BCUT2D eigenvalue weighted by molar-refractivity contribution is 9.11. The SMILES string of the molecule is CCOC(=O)CNC(=O)CCCc1ccc(Br)s1. The Bertz CT molecular complexity index is 406. The number of ether oxygens (including phenoxy) is 1. The summed E-state index contributed by atoms with van der Waals surface area (Å²) in [6.07, 6.45) is 2.08. The molecule has 0 aliphatic carbocycles. The van der Waals surface area contributed by atoms with Crippen molar-refractivity contribution in [3.8, 4) is 0 Å². The van der Waals surface area contributed by atoms with E-state index in [0.717, 1.165) is 16.6 Å². The Balaban J connectivity index is 2.12. The number of carbonyl (C=O) groups excluding carboxylic acids is 2. The van der Waals surface area contributed by atoms with Crippen LogP contribution < -0.4 is 5.32 Å². The van der Waals surface area contributed by atoms with E-state index in [-0.39, 0.29) is 12.5 Å². The first-order valence-electron chi connectivity index (χ1n) is 5.78. The van der Waals surface area contributed by atoms with Crippen LogP contribution in [-0.2, 0) is 20.7 Å². The molecule has 6 heteroatoms. The van der Waals surface area contributed by atoms with Gasteiger partial charge in [0.25, 0.3) is 0 Å². The molecule has 1 N–H and O–H groups in total. The summed E-state index contributed by atoms with van der Waals surface area (Å²) < 4.78 is 5.81. The Labute approximate surface area is 119 Å². The molecule has 100 valence electrons. The number of aryl methyl sites for hydroxylation is 1. The van der Waals surface area contributed by atoms with Gasteiger partial charge in [-0.25, -0.2) is 0 Å². The lowest BCUT2D eigenvalue weighted by molar-refractivity contribution is -0.143. The van der Waals surface area contributed by atoms with Crippen LogP contribution in [0.2, 0.25) is 0 Å². The molecule has 0 saturated heterocycles. The fourth-order valence-corrected chi connectivity index (χ4v) is 2.91. The Kier molecular flexibility index (Phi) is 6.97. The van der Waals surface area contributed by atoms with Gasteiger partial charge >= 0.3 is 5.97 Å². The first kappa shape index (κ1) is 15.2. The van der Waals surface area contributed by atoms with Crippen LogP contribution in [-0.4, -0.2) is 25.0 Å². The number of nitrogens with one attached hydrogen (secondary N) is 1. The third-order valence-corrected chi connectivity index (χ3v) is 3.87. The minimum absolute atomic E-state index is 0.0444. The van der Waals surface area contributed by atoms with Crippen LogP contribution in [0.3, 0.4) is 0 Å². The maximum atomic E-state index is 11.4. The molecule has 0 fully saturated rings. The van der Waals surface area contributed by atoms with Crippen molar-refractivity contribution in [1.29, 1.82) is 0 Å².